The molecule has 0 bridgehead atoms. The Morgan fingerprint density at radius 1 is 1.14 bits per heavy atom. The van der Waals surface area contributed by atoms with Crippen LogP contribution in [0.2, 0.25) is 0 Å². The Morgan fingerprint density at radius 3 is 2.52 bits per heavy atom. The highest BCUT2D eigenvalue weighted by atomic mass is 32.2. The van der Waals surface area contributed by atoms with Gasteiger partial charge in [-0.2, -0.15) is 4.31 Å². The fourth-order valence-electron chi connectivity index (χ4n) is 3.62. The second-order valence-corrected chi connectivity index (χ2v) is 11.6. The maximum absolute atomic E-state index is 12.7. The molecule has 2 aliphatic rings. The molecule has 2 aliphatic heterocycles. The number of carbonyl (C=O) groups excluding carboxylic acids is 2. The second kappa shape index (κ2) is 8.80. The van der Waals surface area contributed by atoms with E-state index in [1.807, 2.05) is 0 Å². The Bertz CT molecular complexity index is 963. The zero-order valence-corrected chi connectivity index (χ0v) is 17.5. The van der Waals surface area contributed by atoms with Gasteiger partial charge in [-0.25, -0.2) is 16.8 Å². The van der Waals surface area contributed by atoms with Crippen LogP contribution >= 0.6 is 0 Å². The van der Waals surface area contributed by atoms with Crippen molar-refractivity contribution < 1.29 is 26.4 Å². The highest BCUT2D eigenvalue weighted by Crippen LogP contribution is 2.23. The lowest BCUT2D eigenvalue weighted by atomic mass is 9.99. The molecule has 0 radical (unpaired) electrons. The standard InChI is InChI=1S/C18H25N3O6S2/c22-17(20-15-8-10-28(24,25)13-15)11-19-18(23)14-5-4-9-21(12-14)29(26,27)16-6-2-1-3-7-16/h1-3,6-7,14-15H,4-5,8-13H2,(H,19,23)(H,20,22)/t14-,15+/m0/s1. The van der Waals surface area contributed by atoms with Crippen molar-refractivity contribution in [2.45, 2.75) is 30.2 Å². The minimum absolute atomic E-state index is 0.0537. The normalized spacial score (nSPS) is 24.7. The summed E-state index contributed by atoms with van der Waals surface area (Å²) in [5.41, 5.74) is 0. The molecule has 2 amide bonds. The number of benzene rings is 1. The monoisotopic (exact) mass is 443 g/mol. The summed E-state index contributed by atoms with van der Waals surface area (Å²) in [7, 11) is -6.77. The van der Waals surface area contributed by atoms with Gasteiger partial charge in [0.15, 0.2) is 9.84 Å². The van der Waals surface area contributed by atoms with E-state index in [2.05, 4.69) is 10.6 Å². The molecule has 160 valence electrons. The maximum Gasteiger partial charge on any atom is 0.243 e. The van der Waals surface area contributed by atoms with Gasteiger partial charge in [0, 0.05) is 19.1 Å². The zero-order chi connectivity index (χ0) is 21.1. The van der Waals surface area contributed by atoms with Gasteiger partial charge in [0.2, 0.25) is 21.8 Å². The minimum Gasteiger partial charge on any atom is -0.351 e. The summed E-state index contributed by atoms with van der Waals surface area (Å²) >= 11 is 0. The number of hydrogen-bond acceptors (Lipinski definition) is 6. The molecule has 2 saturated heterocycles. The van der Waals surface area contributed by atoms with Crippen LogP contribution in [0.3, 0.4) is 0 Å². The summed E-state index contributed by atoms with van der Waals surface area (Å²) in [5, 5.41) is 5.14. The molecule has 0 aliphatic carbocycles. The van der Waals surface area contributed by atoms with Gasteiger partial charge < -0.3 is 10.6 Å². The number of rotatable bonds is 6. The van der Waals surface area contributed by atoms with Crippen molar-refractivity contribution in [3.63, 3.8) is 0 Å². The second-order valence-electron chi connectivity index (χ2n) is 7.40. The molecule has 29 heavy (non-hydrogen) atoms. The summed E-state index contributed by atoms with van der Waals surface area (Å²) in [6.45, 7) is 0.139. The number of carbonyl (C=O) groups is 2. The SMILES string of the molecule is O=C(CNC(=O)[C@H]1CCCN(S(=O)(=O)c2ccccc2)C1)N[C@@H]1CCS(=O)(=O)C1. The fraction of sp³-hybridized carbons (Fsp3) is 0.556. The number of amides is 2. The van der Waals surface area contributed by atoms with E-state index in [0.717, 1.165) is 0 Å². The summed E-state index contributed by atoms with van der Waals surface area (Å²) in [6.07, 6.45) is 1.46. The largest absolute Gasteiger partial charge is 0.351 e. The van der Waals surface area contributed by atoms with Gasteiger partial charge >= 0.3 is 0 Å². The molecule has 2 fully saturated rings. The number of sulfonamides is 1. The molecule has 1 aromatic rings. The fourth-order valence-corrected chi connectivity index (χ4v) is 6.83. The van der Waals surface area contributed by atoms with E-state index < -0.39 is 37.7 Å². The van der Waals surface area contributed by atoms with Crippen LogP contribution in [-0.4, -0.2) is 70.1 Å². The molecular formula is C18H25N3O6S2. The topological polar surface area (TPSA) is 130 Å². The minimum atomic E-state index is -3.67. The maximum atomic E-state index is 12.7. The van der Waals surface area contributed by atoms with Gasteiger partial charge in [0.1, 0.15) is 0 Å². The lowest BCUT2D eigenvalue weighted by Gasteiger charge is -2.31. The lowest BCUT2D eigenvalue weighted by molar-refractivity contribution is -0.129. The molecule has 0 aromatic heterocycles. The van der Waals surface area contributed by atoms with Crippen LogP contribution in [0.25, 0.3) is 0 Å². The van der Waals surface area contributed by atoms with E-state index in [1.165, 1.54) is 16.4 Å². The Labute approximate surface area is 170 Å². The van der Waals surface area contributed by atoms with Crippen molar-refractivity contribution in [1.29, 1.82) is 0 Å². The molecule has 11 heteroatoms. The number of hydrogen-bond donors (Lipinski definition) is 2. The van der Waals surface area contributed by atoms with Crippen LogP contribution in [0, 0.1) is 5.92 Å². The van der Waals surface area contributed by atoms with E-state index >= 15 is 0 Å². The average molecular weight is 444 g/mol. The number of sulfone groups is 1. The number of nitrogens with one attached hydrogen (secondary N) is 2. The van der Waals surface area contributed by atoms with E-state index in [1.54, 1.807) is 18.2 Å². The van der Waals surface area contributed by atoms with Crippen LogP contribution in [0.1, 0.15) is 19.3 Å². The summed E-state index contributed by atoms with van der Waals surface area (Å²) in [6, 6.07) is 7.65. The Kier molecular flexibility index (Phi) is 6.59. The molecule has 0 saturated carbocycles. The van der Waals surface area contributed by atoms with Crippen LogP contribution in [0.15, 0.2) is 35.2 Å². The third-order valence-electron chi connectivity index (χ3n) is 5.16. The highest BCUT2D eigenvalue weighted by Gasteiger charge is 2.33. The first-order valence-electron chi connectivity index (χ1n) is 9.50. The molecule has 0 unspecified atom stereocenters. The lowest BCUT2D eigenvalue weighted by Crippen LogP contribution is -2.48. The molecular weight excluding hydrogens is 418 g/mol. The third kappa shape index (κ3) is 5.55. The van der Waals surface area contributed by atoms with Crippen LogP contribution < -0.4 is 10.6 Å². The Morgan fingerprint density at radius 2 is 1.86 bits per heavy atom. The Hall–Kier alpha value is -1.98. The van der Waals surface area contributed by atoms with Crippen molar-refractivity contribution >= 4 is 31.7 Å². The average Bonchev–Trinajstić information content (AvgIpc) is 3.05. The van der Waals surface area contributed by atoms with Gasteiger partial charge in [-0.15, -0.1) is 0 Å². The molecule has 9 nitrogen and oxygen atoms in total. The van der Waals surface area contributed by atoms with Crippen molar-refractivity contribution in [1.82, 2.24) is 14.9 Å². The summed E-state index contributed by atoms with van der Waals surface area (Å²) in [5.74, 6) is -1.40. The van der Waals surface area contributed by atoms with Crippen molar-refractivity contribution in [3.8, 4) is 0 Å². The molecule has 0 spiro atoms. The summed E-state index contributed by atoms with van der Waals surface area (Å²) < 4.78 is 49.7. The first-order chi connectivity index (χ1) is 13.7. The van der Waals surface area contributed by atoms with Gasteiger partial charge in [-0.3, -0.25) is 9.59 Å². The first kappa shape index (κ1) is 21.7. The zero-order valence-electron chi connectivity index (χ0n) is 15.9. The van der Waals surface area contributed by atoms with Crippen molar-refractivity contribution in [2.24, 2.45) is 5.92 Å². The van der Waals surface area contributed by atoms with Gasteiger partial charge in [-0.05, 0) is 31.4 Å². The first-order valence-corrected chi connectivity index (χ1v) is 12.8. The summed E-state index contributed by atoms with van der Waals surface area (Å²) in [4.78, 5) is 24.6. The number of nitrogens with zero attached hydrogens (tertiary/aromatic N) is 1. The van der Waals surface area contributed by atoms with Gasteiger partial charge in [0.05, 0.1) is 28.9 Å². The molecule has 2 heterocycles. The highest BCUT2D eigenvalue weighted by molar-refractivity contribution is 7.91. The Balaban J connectivity index is 1.51. The predicted octanol–water partition coefficient (Wildman–Crippen LogP) is -0.493. The van der Waals surface area contributed by atoms with E-state index in [-0.39, 0.29) is 35.4 Å². The molecule has 1 aromatic carbocycles. The third-order valence-corrected chi connectivity index (χ3v) is 8.80. The molecule has 3 rings (SSSR count). The van der Waals surface area contributed by atoms with Crippen LogP contribution in [0.4, 0.5) is 0 Å². The van der Waals surface area contributed by atoms with Crippen molar-refractivity contribution in [3.05, 3.63) is 30.3 Å². The van der Waals surface area contributed by atoms with E-state index in [9.17, 15) is 26.4 Å². The van der Waals surface area contributed by atoms with E-state index in [0.29, 0.717) is 25.8 Å². The van der Waals surface area contributed by atoms with Crippen LogP contribution in [0.5, 0.6) is 0 Å². The van der Waals surface area contributed by atoms with E-state index in [4.69, 9.17) is 0 Å². The van der Waals surface area contributed by atoms with Gasteiger partial charge in [0.25, 0.3) is 0 Å². The molecule has 2 N–H and O–H groups in total. The quantitative estimate of drug-likeness (QED) is 0.610. The smallest absolute Gasteiger partial charge is 0.243 e. The van der Waals surface area contributed by atoms with Gasteiger partial charge in [-0.1, -0.05) is 18.2 Å². The van der Waals surface area contributed by atoms with Crippen LogP contribution in [-0.2, 0) is 29.4 Å². The molecule has 2 atom stereocenters. The number of piperidine rings is 1. The predicted molar refractivity (Wildman–Crippen MR) is 106 cm³/mol. The van der Waals surface area contributed by atoms with Crippen molar-refractivity contribution in [2.75, 3.05) is 31.1 Å².